The summed E-state index contributed by atoms with van der Waals surface area (Å²) in [5, 5.41) is 0. The van der Waals surface area contributed by atoms with E-state index < -0.39 is 0 Å². The predicted molar refractivity (Wildman–Crippen MR) is 110 cm³/mol. The van der Waals surface area contributed by atoms with Crippen molar-refractivity contribution in [2.45, 2.75) is 0 Å². The summed E-state index contributed by atoms with van der Waals surface area (Å²) in [7, 11) is 0. The van der Waals surface area contributed by atoms with Crippen LogP contribution in [0.15, 0.2) is 48.5 Å². The molecule has 2 aliphatic heterocycles. The molecule has 3 aromatic heterocycles. The molecule has 3 aromatic rings. The van der Waals surface area contributed by atoms with Gasteiger partial charge < -0.3 is 84.4 Å². The molecule has 0 aromatic carbocycles. The molecule has 2 N–H and O–H groups in total. The molecule has 5 rings (SSSR count). The van der Waals surface area contributed by atoms with Crippen LogP contribution in [0.1, 0.15) is 22.8 Å². The minimum atomic E-state index is 0. The Morgan fingerprint density at radius 1 is 0.406 bits per heavy atom. The summed E-state index contributed by atoms with van der Waals surface area (Å²) in [6, 6.07) is 16.4. The van der Waals surface area contributed by atoms with Crippen LogP contribution in [0.2, 0.25) is 0 Å². The number of nitrogens with zero attached hydrogens (tertiary/aromatic N) is 2. The fourth-order valence-electron chi connectivity index (χ4n) is 2.94. The summed E-state index contributed by atoms with van der Waals surface area (Å²) in [4.78, 5) is 16.0. The molecule has 0 unspecified atom stereocenters. The van der Waals surface area contributed by atoms with E-state index in [-0.39, 0.29) is 109 Å². The van der Waals surface area contributed by atoms with Gasteiger partial charge >= 0.3 is 34.7 Å². The number of fused-ring (bicyclic) bond motifs is 8. The fourth-order valence-corrected chi connectivity index (χ4v) is 2.94. The van der Waals surface area contributed by atoms with E-state index in [2.05, 4.69) is 44.2 Å². The number of nitrogens with one attached hydrogen (secondary N) is 2. The van der Waals surface area contributed by atoms with Crippen molar-refractivity contribution < 1.29 is 74.4 Å². The predicted octanol–water partition coefficient (Wildman–Crippen LogP) is -14.1. The Balaban J connectivity index is -0.000000490. The Kier molecular flexibility index (Phi) is 20.5. The Morgan fingerprint density at radius 3 is 0.844 bits per heavy atom. The Labute approximate surface area is 244 Å². The Hall–Kier alpha value is -0.595. The first-order chi connectivity index (χ1) is 11.8. The van der Waals surface area contributed by atoms with Gasteiger partial charge in [-0.25, -0.2) is 9.97 Å². The van der Waals surface area contributed by atoms with E-state index in [4.69, 9.17) is 0 Å². The van der Waals surface area contributed by atoms with E-state index in [1.807, 2.05) is 48.6 Å². The quantitative estimate of drug-likeness (QED) is 0.180. The maximum absolute atomic E-state index is 4.63. The van der Waals surface area contributed by atoms with Crippen LogP contribution in [0.3, 0.4) is 0 Å². The molecular weight excluding hydrogens is 563 g/mol. The maximum atomic E-state index is 4.63. The summed E-state index contributed by atoms with van der Waals surface area (Å²) in [5.74, 6) is 0. The SMILES string of the molecule is C1=Cc2cc3ccc(cc4nc(cc5ccc(cc1n2)[nH]5)C=C4)[nH]3.[Al+3].[Al+3].[Cl-].[Cl-].[Cl-].[Cl-].[Cl-].[Cl-]. The van der Waals surface area contributed by atoms with Crippen LogP contribution in [0.25, 0.3) is 46.4 Å². The van der Waals surface area contributed by atoms with Gasteiger partial charge in [-0.1, -0.05) is 0 Å². The first-order valence-corrected chi connectivity index (χ1v) is 7.85. The second kappa shape index (κ2) is 16.9. The van der Waals surface area contributed by atoms with Crippen molar-refractivity contribution in [2.75, 3.05) is 0 Å². The van der Waals surface area contributed by atoms with Gasteiger partial charge in [0.1, 0.15) is 0 Å². The first-order valence-electron chi connectivity index (χ1n) is 7.85. The summed E-state index contributed by atoms with van der Waals surface area (Å²) >= 11 is 0. The molecule has 162 valence electrons. The van der Waals surface area contributed by atoms with Crippen LogP contribution >= 0.6 is 0 Å². The van der Waals surface area contributed by atoms with Gasteiger partial charge in [0.05, 0.1) is 22.8 Å². The molecule has 0 fully saturated rings. The molecule has 0 atom stereocenters. The standard InChI is InChI=1S/C20H14N4.2Al.6ClH/c1-2-14-10-16-5-6-18(23-16)12-20-8-7-19(24-20)11-17-4-3-15(22-17)9-13(1)21-14;;;;;;;;/h1-12,21,24H;;;6*1H/q;2*+3;;;;;;/p-6. The van der Waals surface area contributed by atoms with Gasteiger partial charge in [0.2, 0.25) is 0 Å². The number of H-pyrrole nitrogens is 2. The number of rotatable bonds is 0. The van der Waals surface area contributed by atoms with E-state index in [0.29, 0.717) is 0 Å². The van der Waals surface area contributed by atoms with Crippen molar-refractivity contribution >= 4 is 81.1 Å². The monoisotopic (exact) mass is 574 g/mol. The topological polar surface area (TPSA) is 57.4 Å². The molecule has 0 saturated heterocycles. The number of aromatic nitrogens is 4. The van der Waals surface area contributed by atoms with E-state index in [1.54, 1.807) is 0 Å². The number of aromatic amines is 2. The minimum absolute atomic E-state index is 0. The second-order valence-corrected chi connectivity index (χ2v) is 5.91. The molecule has 4 nitrogen and oxygen atoms in total. The molecule has 0 radical (unpaired) electrons. The van der Waals surface area contributed by atoms with Crippen molar-refractivity contribution in [3.05, 3.63) is 71.3 Å². The van der Waals surface area contributed by atoms with Gasteiger partial charge in [-0.05, 0) is 72.8 Å². The van der Waals surface area contributed by atoms with Crippen LogP contribution in [0, 0.1) is 0 Å². The smallest absolute Gasteiger partial charge is 1.00 e. The molecule has 0 spiro atoms. The summed E-state index contributed by atoms with van der Waals surface area (Å²) in [6.45, 7) is 0. The normalized spacial score (nSPS) is 9.50. The summed E-state index contributed by atoms with van der Waals surface area (Å²) in [5.41, 5.74) is 7.86. The van der Waals surface area contributed by atoms with Crippen LogP contribution in [-0.2, 0) is 0 Å². The zero-order valence-corrected chi connectivity index (χ0v) is 23.1. The second-order valence-electron chi connectivity index (χ2n) is 5.91. The van der Waals surface area contributed by atoms with Crippen molar-refractivity contribution in [1.29, 1.82) is 0 Å². The molecule has 5 heterocycles. The zero-order chi connectivity index (χ0) is 15.9. The molecule has 12 heteroatoms. The van der Waals surface area contributed by atoms with Gasteiger partial charge in [-0.15, -0.1) is 0 Å². The van der Waals surface area contributed by atoms with Gasteiger partial charge in [0.15, 0.2) is 0 Å². The van der Waals surface area contributed by atoms with Crippen LogP contribution in [0.4, 0.5) is 0 Å². The Morgan fingerprint density at radius 2 is 0.625 bits per heavy atom. The van der Waals surface area contributed by atoms with E-state index in [1.165, 1.54) is 0 Å². The number of hydrogen-bond donors (Lipinski definition) is 2. The fraction of sp³-hybridized carbons (Fsp3) is 0. The largest absolute Gasteiger partial charge is 3.00 e. The van der Waals surface area contributed by atoms with Crippen molar-refractivity contribution in [3.8, 4) is 0 Å². The van der Waals surface area contributed by atoms with Crippen LogP contribution in [-0.4, -0.2) is 54.7 Å². The average Bonchev–Trinajstić information content (AvgIpc) is 3.32. The minimum Gasteiger partial charge on any atom is -1.00 e. The van der Waals surface area contributed by atoms with E-state index in [9.17, 15) is 0 Å². The molecular formula is C20H14Al2Cl6N4. The van der Waals surface area contributed by atoms with Crippen LogP contribution in [0.5, 0.6) is 0 Å². The van der Waals surface area contributed by atoms with E-state index in [0.717, 1.165) is 44.8 Å². The van der Waals surface area contributed by atoms with Crippen LogP contribution < -0.4 is 74.4 Å². The van der Waals surface area contributed by atoms with Crippen molar-refractivity contribution in [1.82, 2.24) is 19.9 Å². The Bertz CT molecular complexity index is 1020. The molecule has 32 heavy (non-hydrogen) atoms. The maximum Gasteiger partial charge on any atom is 3.00 e. The summed E-state index contributed by atoms with van der Waals surface area (Å²) in [6.07, 6.45) is 8.09. The summed E-state index contributed by atoms with van der Waals surface area (Å²) < 4.78 is 0. The van der Waals surface area contributed by atoms with E-state index >= 15 is 0 Å². The molecule has 0 aliphatic carbocycles. The number of hydrogen-bond acceptors (Lipinski definition) is 2. The zero-order valence-electron chi connectivity index (χ0n) is 16.2. The van der Waals surface area contributed by atoms with Gasteiger partial charge in [0.25, 0.3) is 0 Å². The number of halogens is 6. The van der Waals surface area contributed by atoms with Crippen molar-refractivity contribution in [2.24, 2.45) is 0 Å². The molecule has 8 bridgehead atoms. The van der Waals surface area contributed by atoms with Gasteiger partial charge in [0, 0.05) is 22.1 Å². The average molecular weight is 577 g/mol. The molecule has 2 aliphatic rings. The third kappa shape index (κ3) is 8.98. The third-order valence-electron chi connectivity index (χ3n) is 4.04. The van der Waals surface area contributed by atoms with Gasteiger partial charge in [-0.3, -0.25) is 0 Å². The third-order valence-corrected chi connectivity index (χ3v) is 4.04. The van der Waals surface area contributed by atoms with Crippen molar-refractivity contribution in [3.63, 3.8) is 0 Å². The first kappa shape index (κ1) is 38.7. The molecule has 0 amide bonds. The van der Waals surface area contributed by atoms with Gasteiger partial charge in [-0.2, -0.15) is 0 Å². The molecule has 0 saturated carbocycles.